The third-order valence-corrected chi connectivity index (χ3v) is 10.7. The van der Waals surface area contributed by atoms with Gasteiger partial charge in [0.1, 0.15) is 23.0 Å². The highest BCUT2D eigenvalue weighted by molar-refractivity contribution is 5.93. The lowest BCUT2D eigenvalue weighted by Crippen LogP contribution is -2.49. The third kappa shape index (κ3) is 8.60. The van der Waals surface area contributed by atoms with Crippen LogP contribution in [-0.2, 0) is 24.2 Å². The minimum Gasteiger partial charge on any atom is -0.497 e. The summed E-state index contributed by atoms with van der Waals surface area (Å²) in [6.45, 7) is 7.76. The molecule has 1 amide bonds. The zero-order valence-electron chi connectivity index (χ0n) is 32.5. The van der Waals surface area contributed by atoms with E-state index in [4.69, 9.17) is 34.1 Å². The highest BCUT2D eigenvalue weighted by Gasteiger charge is 2.31. The maximum Gasteiger partial charge on any atom is 0.272 e. The number of nitrogens with zero attached hydrogens (tertiary/aromatic N) is 10. The summed E-state index contributed by atoms with van der Waals surface area (Å²) in [6.07, 6.45) is 6.11. The molecule has 0 atom stereocenters. The van der Waals surface area contributed by atoms with Crippen LogP contribution in [0.15, 0.2) is 79.3 Å². The lowest BCUT2D eigenvalue weighted by Gasteiger charge is -2.34. The van der Waals surface area contributed by atoms with Crippen LogP contribution in [0.25, 0.3) is 11.3 Å². The van der Waals surface area contributed by atoms with E-state index in [1.165, 1.54) is 0 Å². The fourth-order valence-electron chi connectivity index (χ4n) is 7.53. The lowest BCUT2D eigenvalue weighted by molar-refractivity contribution is 0.0609. The van der Waals surface area contributed by atoms with Crippen LogP contribution in [0.2, 0.25) is 0 Å². The standard InChI is InChI=1S/C42H48N10O5/c1-55-34-7-3-30(4-8-34)28-51(29-31-5-9-35(56-2)10-6-31)41-44-26-32(27-45-41)38-36-12-14-52(39(36)47-42(46-38)50-20-23-57-24-21-50)33-11-13-43-37(25-33)40(54)49-17-15-48(16-18-49)19-22-53/h3-11,13,25-27,53H,12,14-24,28-29H2,1-2H3. The summed E-state index contributed by atoms with van der Waals surface area (Å²) >= 11 is 0. The molecule has 6 heterocycles. The SMILES string of the molecule is COc1ccc(CN(Cc2ccc(OC)cc2)c2ncc(-c3nc(N4CCOCC4)nc4c3CCN4c3ccnc(C(=O)N4CCN(CCO)CC4)c3)cn2)cc1. The molecule has 3 aromatic heterocycles. The number of amides is 1. The van der Waals surface area contributed by atoms with Gasteiger partial charge >= 0.3 is 0 Å². The molecule has 3 aliphatic rings. The first-order valence-electron chi connectivity index (χ1n) is 19.4. The highest BCUT2D eigenvalue weighted by Crippen LogP contribution is 2.39. The van der Waals surface area contributed by atoms with Crippen LogP contribution in [0.5, 0.6) is 11.5 Å². The van der Waals surface area contributed by atoms with Gasteiger partial charge in [-0.1, -0.05) is 24.3 Å². The molecule has 0 aliphatic carbocycles. The van der Waals surface area contributed by atoms with E-state index in [1.54, 1.807) is 20.4 Å². The Bertz CT molecular complexity index is 2070. The van der Waals surface area contributed by atoms with Crippen molar-refractivity contribution in [2.75, 3.05) is 101 Å². The van der Waals surface area contributed by atoms with Crippen LogP contribution in [0.1, 0.15) is 27.2 Å². The summed E-state index contributed by atoms with van der Waals surface area (Å²) in [4.78, 5) is 48.8. The molecule has 3 aliphatic heterocycles. The number of hydrogen-bond donors (Lipinski definition) is 1. The topological polar surface area (TPSA) is 146 Å². The molecular formula is C42H48N10O5. The summed E-state index contributed by atoms with van der Waals surface area (Å²) in [5, 5.41) is 9.33. The van der Waals surface area contributed by atoms with Gasteiger partial charge in [-0.25, -0.2) is 15.0 Å². The van der Waals surface area contributed by atoms with Crippen molar-refractivity contribution in [3.05, 3.63) is 102 Å². The highest BCUT2D eigenvalue weighted by atomic mass is 16.5. The van der Waals surface area contributed by atoms with Gasteiger partial charge in [0.2, 0.25) is 11.9 Å². The Morgan fingerprint density at radius 2 is 1.46 bits per heavy atom. The summed E-state index contributed by atoms with van der Waals surface area (Å²) in [5.74, 6) is 3.52. The average molecular weight is 773 g/mol. The molecule has 0 saturated carbocycles. The smallest absolute Gasteiger partial charge is 0.272 e. The number of morpholine rings is 1. The minimum atomic E-state index is -0.0948. The van der Waals surface area contributed by atoms with Gasteiger partial charge in [0.05, 0.1) is 39.7 Å². The molecule has 15 nitrogen and oxygen atoms in total. The van der Waals surface area contributed by atoms with Crippen molar-refractivity contribution in [1.82, 2.24) is 34.7 Å². The quantitative estimate of drug-likeness (QED) is 0.185. The molecule has 0 bridgehead atoms. The van der Waals surface area contributed by atoms with Crippen molar-refractivity contribution in [1.29, 1.82) is 0 Å². The number of pyridine rings is 1. The molecule has 296 valence electrons. The predicted molar refractivity (Wildman–Crippen MR) is 216 cm³/mol. The Kier molecular flexibility index (Phi) is 11.7. The summed E-state index contributed by atoms with van der Waals surface area (Å²) in [7, 11) is 3.33. The van der Waals surface area contributed by atoms with E-state index < -0.39 is 0 Å². The van der Waals surface area contributed by atoms with Crippen molar-refractivity contribution < 1.29 is 24.1 Å². The summed E-state index contributed by atoms with van der Waals surface area (Å²) in [5.41, 5.74) is 6.04. The molecule has 0 radical (unpaired) electrons. The lowest BCUT2D eigenvalue weighted by atomic mass is 10.1. The van der Waals surface area contributed by atoms with Gasteiger partial charge in [0.15, 0.2) is 0 Å². The second kappa shape index (κ2) is 17.5. The van der Waals surface area contributed by atoms with Crippen molar-refractivity contribution >= 4 is 29.3 Å². The number of methoxy groups -OCH3 is 2. The fourth-order valence-corrected chi connectivity index (χ4v) is 7.53. The van der Waals surface area contributed by atoms with Crippen LogP contribution < -0.4 is 24.2 Å². The van der Waals surface area contributed by atoms with Gasteiger partial charge in [0, 0.05) is 101 Å². The number of aliphatic hydroxyl groups is 1. The van der Waals surface area contributed by atoms with E-state index in [1.807, 2.05) is 53.7 Å². The summed E-state index contributed by atoms with van der Waals surface area (Å²) < 4.78 is 16.4. The number of benzene rings is 2. The zero-order chi connectivity index (χ0) is 39.1. The Morgan fingerprint density at radius 3 is 2.07 bits per heavy atom. The second-order valence-electron chi connectivity index (χ2n) is 14.3. The average Bonchev–Trinajstić information content (AvgIpc) is 3.71. The molecule has 8 rings (SSSR count). The number of fused-ring (bicyclic) bond motifs is 1. The van der Waals surface area contributed by atoms with E-state index >= 15 is 0 Å². The minimum absolute atomic E-state index is 0.0948. The Hall–Kier alpha value is -5.90. The van der Waals surface area contributed by atoms with E-state index in [-0.39, 0.29) is 12.5 Å². The molecular weight excluding hydrogens is 725 g/mol. The molecule has 15 heteroatoms. The summed E-state index contributed by atoms with van der Waals surface area (Å²) in [6, 6.07) is 19.9. The molecule has 5 aromatic rings. The number of β-amino-alcohol motifs (C(OH)–C–C–N with tert-alkyl or cyclic N) is 1. The number of hydrogen-bond acceptors (Lipinski definition) is 14. The molecule has 0 unspecified atom stereocenters. The Morgan fingerprint density at radius 1 is 0.807 bits per heavy atom. The number of piperazine rings is 1. The first kappa shape index (κ1) is 38.0. The first-order valence-corrected chi connectivity index (χ1v) is 19.4. The second-order valence-corrected chi connectivity index (χ2v) is 14.3. The first-order chi connectivity index (χ1) is 28.0. The van der Waals surface area contributed by atoms with Gasteiger partial charge < -0.3 is 38.9 Å². The van der Waals surface area contributed by atoms with Crippen LogP contribution in [-0.4, -0.2) is 132 Å². The number of anilines is 4. The number of rotatable bonds is 13. The van der Waals surface area contributed by atoms with Crippen molar-refractivity contribution in [3.8, 4) is 22.8 Å². The molecule has 2 saturated heterocycles. The predicted octanol–water partition coefficient (Wildman–Crippen LogP) is 3.83. The Balaban J connectivity index is 1.09. The van der Waals surface area contributed by atoms with Crippen LogP contribution >= 0.6 is 0 Å². The number of aromatic nitrogens is 5. The molecule has 1 N–H and O–H groups in total. The van der Waals surface area contributed by atoms with E-state index in [0.717, 1.165) is 64.0 Å². The van der Waals surface area contributed by atoms with Gasteiger partial charge in [-0.15, -0.1) is 0 Å². The number of carbonyl (C=O) groups is 1. The van der Waals surface area contributed by atoms with Gasteiger partial charge in [-0.2, -0.15) is 4.98 Å². The fraction of sp³-hybridized carbons (Fsp3) is 0.381. The van der Waals surface area contributed by atoms with E-state index in [9.17, 15) is 9.90 Å². The maximum atomic E-state index is 13.6. The van der Waals surface area contributed by atoms with Crippen molar-refractivity contribution in [2.24, 2.45) is 0 Å². The Labute approximate surface area is 332 Å². The van der Waals surface area contributed by atoms with Crippen LogP contribution in [0, 0.1) is 0 Å². The third-order valence-electron chi connectivity index (χ3n) is 10.7. The van der Waals surface area contributed by atoms with Gasteiger partial charge in [-0.05, 0) is 53.9 Å². The van der Waals surface area contributed by atoms with Crippen LogP contribution in [0.4, 0.5) is 23.4 Å². The van der Waals surface area contributed by atoms with Crippen molar-refractivity contribution in [2.45, 2.75) is 19.5 Å². The van der Waals surface area contributed by atoms with Gasteiger partial charge in [0.25, 0.3) is 5.91 Å². The molecule has 57 heavy (non-hydrogen) atoms. The largest absolute Gasteiger partial charge is 0.497 e. The van der Waals surface area contributed by atoms with Crippen LogP contribution in [0.3, 0.4) is 0 Å². The molecule has 2 aromatic carbocycles. The number of carbonyl (C=O) groups excluding carboxylic acids is 1. The van der Waals surface area contributed by atoms with Gasteiger partial charge in [-0.3, -0.25) is 14.7 Å². The van der Waals surface area contributed by atoms with E-state index in [0.29, 0.717) is 89.6 Å². The van der Waals surface area contributed by atoms with E-state index in [2.05, 4.69) is 48.8 Å². The molecule has 0 spiro atoms. The normalized spacial score (nSPS) is 15.7. The number of aliphatic hydroxyl groups excluding tert-OH is 1. The van der Waals surface area contributed by atoms with Crippen molar-refractivity contribution in [3.63, 3.8) is 0 Å². The zero-order valence-corrected chi connectivity index (χ0v) is 32.5. The molecule has 2 fully saturated rings. The number of ether oxygens (including phenoxy) is 3. The maximum absolute atomic E-state index is 13.6. The monoisotopic (exact) mass is 772 g/mol.